The van der Waals surface area contributed by atoms with Crippen LogP contribution in [-0.4, -0.2) is 55.4 Å². The van der Waals surface area contributed by atoms with Crippen LogP contribution in [0.25, 0.3) is 5.65 Å². The molecular formula is C23H25F2N7O. The van der Waals surface area contributed by atoms with Crippen molar-refractivity contribution in [1.82, 2.24) is 29.0 Å². The smallest absolute Gasteiger partial charge is 0.158 e. The molecule has 10 heteroatoms. The molecule has 0 unspecified atom stereocenters. The molecule has 1 saturated heterocycles. The zero-order valence-electron chi connectivity index (χ0n) is 18.6. The molecule has 33 heavy (non-hydrogen) atoms. The van der Waals surface area contributed by atoms with E-state index in [1.807, 2.05) is 30.8 Å². The molecule has 0 saturated carbocycles. The zero-order valence-corrected chi connectivity index (χ0v) is 18.6. The summed E-state index contributed by atoms with van der Waals surface area (Å²) in [4.78, 5) is 11.4. The van der Waals surface area contributed by atoms with Crippen LogP contribution in [0.2, 0.25) is 0 Å². The van der Waals surface area contributed by atoms with E-state index < -0.39 is 11.6 Å². The lowest BCUT2D eigenvalue weighted by Gasteiger charge is -2.26. The average Bonchev–Trinajstić information content (AvgIpc) is 3.33. The van der Waals surface area contributed by atoms with E-state index in [1.165, 1.54) is 12.1 Å². The molecule has 8 nitrogen and oxygen atoms in total. The molecule has 0 atom stereocenters. The van der Waals surface area contributed by atoms with Gasteiger partial charge in [0.05, 0.1) is 30.9 Å². The van der Waals surface area contributed by atoms with Crippen molar-refractivity contribution in [3.8, 4) is 0 Å². The van der Waals surface area contributed by atoms with Crippen LogP contribution in [0.3, 0.4) is 0 Å². The molecule has 0 bridgehead atoms. The van der Waals surface area contributed by atoms with Gasteiger partial charge in [0.1, 0.15) is 17.5 Å². The van der Waals surface area contributed by atoms with Gasteiger partial charge in [-0.25, -0.2) is 23.3 Å². The predicted molar refractivity (Wildman–Crippen MR) is 119 cm³/mol. The number of rotatable bonds is 6. The first-order valence-electron chi connectivity index (χ1n) is 10.8. The van der Waals surface area contributed by atoms with Crippen LogP contribution in [0.15, 0.2) is 36.8 Å². The Balaban J connectivity index is 1.57. The first-order chi connectivity index (χ1) is 16.0. The van der Waals surface area contributed by atoms with E-state index >= 15 is 0 Å². The molecule has 5 rings (SSSR count). The van der Waals surface area contributed by atoms with Gasteiger partial charge < -0.3 is 14.6 Å². The summed E-state index contributed by atoms with van der Waals surface area (Å²) in [5.74, 6) is 0.104. The number of morpholine rings is 1. The summed E-state index contributed by atoms with van der Waals surface area (Å²) < 4.78 is 36.9. The third kappa shape index (κ3) is 4.57. The first kappa shape index (κ1) is 21.5. The van der Waals surface area contributed by atoms with Crippen LogP contribution < -0.4 is 5.32 Å². The number of aromatic nitrogens is 5. The van der Waals surface area contributed by atoms with Gasteiger partial charge in [-0.15, -0.1) is 5.10 Å². The highest BCUT2D eigenvalue weighted by Crippen LogP contribution is 2.24. The average molecular weight is 453 g/mol. The van der Waals surface area contributed by atoms with E-state index in [4.69, 9.17) is 14.8 Å². The molecule has 1 fully saturated rings. The van der Waals surface area contributed by atoms with E-state index in [0.29, 0.717) is 37.0 Å². The SMILES string of the molecule is Cc1nc2c(CN3CCOCC3)cc(Nc3cn(C)cn3)nn2c1Cc1ccc(F)cc1F. The van der Waals surface area contributed by atoms with Gasteiger partial charge in [0, 0.05) is 50.9 Å². The molecule has 3 aromatic heterocycles. The van der Waals surface area contributed by atoms with Crippen molar-refractivity contribution in [1.29, 1.82) is 0 Å². The highest BCUT2D eigenvalue weighted by Gasteiger charge is 2.20. The Bertz CT molecular complexity index is 1290. The van der Waals surface area contributed by atoms with Crippen LogP contribution in [0.4, 0.5) is 20.4 Å². The van der Waals surface area contributed by atoms with Crippen LogP contribution >= 0.6 is 0 Å². The maximum Gasteiger partial charge on any atom is 0.158 e. The van der Waals surface area contributed by atoms with Crippen LogP contribution in [0.1, 0.15) is 22.5 Å². The first-order valence-corrected chi connectivity index (χ1v) is 10.8. The van der Waals surface area contributed by atoms with Crippen LogP contribution in [-0.2, 0) is 24.8 Å². The minimum absolute atomic E-state index is 0.246. The second-order valence-electron chi connectivity index (χ2n) is 8.28. The largest absolute Gasteiger partial charge is 0.379 e. The van der Waals surface area contributed by atoms with Crippen molar-refractivity contribution in [3.05, 3.63) is 70.9 Å². The van der Waals surface area contributed by atoms with Gasteiger partial charge in [0.2, 0.25) is 0 Å². The summed E-state index contributed by atoms with van der Waals surface area (Å²) in [5, 5.41) is 8.01. The topological polar surface area (TPSA) is 72.5 Å². The normalized spacial score (nSPS) is 14.8. The lowest BCUT2D eigenvalue weighted by molar-refractivity contribution is 0.0343. The maximum atomic E-state index is 14.4. The van der Waals surface area contributed by atoms with Crippen molar-refractivity contribution in [2.75, 3.05) is 31.6 Å². The minimum Gasteiger partial charge on any atom is -0.379 e. The Labute approximate surface area is 189 Å². The summed E-state index contributed by atoms with van der Waals surface area (Å²) in [6.07, 6.45) is 3.82. The van der Waals surface area contributed by atoms with Crippen molar-refractivity contribution < 1.29 is 13.5 Å². The molecule has 0 aliphatic carbocycles. The highest BCUT2D eigenvalue weighted by molar-refractivity contribution is 5.59. The molecule has 1 N–H and O–H groups in total. The second kappa shape index (κ2) is 8.87. The number of hydrogen-bond acceptors (Lipinski definition) is 6. The number of fused-ring (bicyclic) bond motifs is 1. The van der Waals surface area contributed by atoms with Crippen LogP contribution in [0.5, 0.6) is 0 Å². The van der Waals surface area contributed by atoms with Gasteiger partial charge in [-0.2, -0.15) is 0 Å². The van der Waals surface area contributed by atoms with Crippen LogP contribution in [0, 0.1) is 18.6 Å². The monoisotopic (exact) mass is 453 g/mol. The molecule has 0 radical (unpaired) electrons. The number of ether oxygens (including phenoxy) is 1. The molecule has 1 aliphatic heterocycles. The van der Waals surface area contributed by atoms with Gasteiger partial charge in [-0.1, -0.05) is 6.07 Å². The summed E-state index contributed by atoms with van der Waals surface area (Å²) in [6.45, 7) is 5.64. The van der Waals surface area contributed by atoms with Crippen molar-refractivity contribution in [2.45, 2.75) is 19.9 Å². The summed E-state index contributed by atoms with van der Waals surface area (Å²) in [5.41, 5.74) is 3.62. The molecular weight excluding hydrogens is 428 g/mol. The molecule has 1 aliphatic rings. The number of anilines is 2. The summed E-state index contributed by atoms with van der Waals surface area (Å²) in [6, 6.07) is 5.61. The third-order valence-electron chi connectivity index (χ3n) is 5.79. The van der Waals surface area contributed by atoms with Gasteiger partial charge >= 0.3 is 0 Å². The molecule has 172 valence electrons. The standard InChI is InChI=1S/C23H25F2N7O/c1-15-20(9-16-3-4-18(24)11-19(16)25)32-23(27-15)17(12-31-5-7-33-8-6-31)10-21(29-32)28-22-13-30(2)14-26-22/h3-4,10-11,13-14H,5-9,12H2,1-2H3,(H,28,29). The van der Waals surface area contributed by atoms with Gasteiger partial charge in [0.15, 0.2) is 11.5 Å². The van der Waals surface area contributed by atoms with Gasteiger partial charge in [-0.3, -0.25) is 4.90 Å². The van der Waals surface area contributed by atoms with E-state index in [1.54, 1.807) is 10.8 Å². The number of nitrogens with zero attached hydrogens (tertiary/aromatic N) is 6. The van der Waals surface area contributed by atoms with E-state index in [2.05, 4.69) is 15.2 Å². The Morgan fingerprint density at radius 3 is 2.64 bits per heavy atom. The molecule has 1 aromatic carbocycles. The Morgan fingerprint density at radius 1 is 1.09 bits per heavy atom. The van der Waals surface area contributed by atoms with Crippen molar-refractivity contribution >= 4 is 17.3 Å². The maximum absolute atomic E-state index is 14.4. The van der Waals surface area contributed by atoms with Crippen molar-refractivity contribution in [2.24, 2.45) is 7.05 Å². The quantitative estimate of drug-likeness (QED) is 0.483. The third-order valence-corrected chi connectivity index (χ3v) is 5.79. The van der Waals surface area contributed by atoms with Gasteiger partial charge in [-0.05, 0) is 24.6 Å². The molecule has 0 amide bonds. The lowest BCUT2D eigenvalue weighted by atomic mass is 10.1. The van der Waals surface area contributed by atoms with E-state index in [-0.39, 0.29) is 6.42 Å². The molecule has 4 heterocycles. The van der Waals surface area contributed by atoms with Gasteiger partial charge in [0.25, 0.3) is 0 Å². The van der Waals surface area contributed by atoms with Crippen molar-refractivity contribution in [3.63, 3.8) is 0 Å². The minimum atomic E-state index is -0.598. The second-order valence-corrected chi connectivity index (χ2v) is 8.28. The fraction of sp³-hybridized carbons (Fsp3) is 0.348. The number of benzene rings is 1. The van der Waals surface area contributed by atoms with E-state index in [0.717, 1.165) is 41.8 Å². The number of imidazole rings is 2. The number of aryl methyl sites for hydroxylation is 2. The Morgan fingerprint density at radius 2 is 1.91 bits per heavy atom. The number of hydrogen-bond donors (Lipinski definition) is 1. The lowest BCUT2D eigenvalue weighted by Crippen LogP contribution is -2.35. The number of nitrogens with one attached hydrogen (secondary N) is 1. The summed E-state index contributed by atoms with van der Waals surface area (Å²) in [7, 11) is 1.90. The molecule has 0 spiro atoms. The Kier molecular flexibility index (Phi) is 5.77. The van der Waals surface area contributed by atoms with E-state index in [9.17, 15) is 8.78 Å². The summed E-state index contributed by atoms with van der Waals surface area (Å²) >= 11 is 0. The fourth-order valence-corrected chi connectivity index (χ4v) is 4.07. The highest BCUT2D eigenvalue weighted by atomic mass is 19.1. The Hall–Kier alpha value is -3.37. The molecule has 4 aromatic rings. The fourth-order valence-electron chi connectivity index (χ4n) is 4.07. The zero-order chi connectivity index (χ0) is 22.9. The predicted octanol–water partition coefficient (Wildman–Crippen LogP) is 3.22. The number of halogens is 2.